The third-order valence-electron chi connectivity index (χ3n) is 2.49. The highest BCUT2D eigenvalue weighted by Crippen LogP contribution is 2.25. The number of nitrogens with zero attached hydrogens (tertiary/aromatic N) is 1. The molecule has 1 N–H and O–H groups in total. The van der Waals surface area contributed by atoms with Crippen LogP contribution in [0.2, 0.25) is 0 Å². The first-order valence-electron chi connectivity index (χ1n) is 5.16. The van der Waals surface area contributed by atoms with Gasteiger partial charge >= 0.3 is 5.97 Å². The number of ether oxygens (including phenoxy) is 1. The predicted molar refractivity (Wildman–Crippen MR) is 58.0 cm³/mol. The highest BCUT2D eigenvalue weighted by atomic mass is 16.5. The molecule has 5 heteroatoms. The Morgan fingerprint density at radius 1 is 1.62 bits per heavy atom. The van der Waals surface area contributed by atoms with E-state index in [2.05, 4.69) is 4.99 Å². The van der Waals surface area contributed by atoms with E-state index in [0.29, 0.717) is 6.61 Å². The van der Waals surface area contributed by atoms with Gasteiger partial charge in [-0.25, -0.2) is 0 Å². The molecule has 5 nitrogen and oxygen atoms in total. The van der Waals surface area contributed by atoms with E-state index in [1.165, 1.54) is 18.5 Å². The van der Waals surface area contributed by atoms with Gasteiger partial charge in [-0.1, -0.05) is 0 Å². The van der Waals surface area contributed by atoms with Gasteiger partial charge in [0.15, 0.2) is 5.78 Å². The van der Waals surface area contributed by atoms with Crippen LogP contribution in [0.25, 0.3) is 0 Å². The largest absolute Gasteiger partial charge is 0.466 e. The molecule has 16 heavy (non-hydrogen) atoms. The maximum atomic E-state index is 11.6. The fourth-order valence-electron chi connectivity index (χ4n) is 1.47. The quantitative estimate of drug-likeness (QED) is 0.690. The predicted octanol–water partition coefficient (Wildman–Crippen LogP) is 0.476. The maximum absolute atomic E-state index is 11.6. The number of carbonyl (C=O) groups is 2. The van der Waals surface area contributed by atoms with Crippen LogP contribution in [0.5, 0.6) is 0 Å². The Balaban J connectivity index is 2.61. The molecule has 0 aromatic carbocycles. The highest BCUT2D eigenvalue weighted by Gasteiger charge is 2.36. The van der Waals surface area contributed by atoms with Gasteiger partial charge in [-0.2, -0.15) is 0 Å². The first kappa shape index (κ1) is 12.6. The summed E-state index contributed by atoms with van der Waals surface area (Å²) in [5.74, 6) is -0.597. The number of hydrogen-bond donors (Lipinski definition) is 1. The van der Waals surface area contributed by atoms with Crippen molar-refractivity contribution in [1.82, 2.24) is 0 Å². The van der Waals surface area contributed by atoms with Gasteiger partial charge in [-0.3, -0.25) is 14.6 Å². The zero-order valence-corrected chi connectivity index (χ0v) is 9.18. The molecule has 0 aromatic heterocycles. The van der Waals surface area contributed by atoms with E-state index >= 15 is 0 Å². The van der Waals surface area contributed by atoms with Crippen molar-refractivity contribution in [2.75, 3.05) is 13.2 Å². The summed E-state index contributed by atoms with van der Waals surface area (Å²) in [6, 6.07) is 0. The Hall–Kier alpha value is -1.49. The maximum Gasteiger partial charge on any atom is 0.305 e. The molecule has 0 bridgehead atoms. The molecule has 0 saturated heterocycles. The van der Waals surface area contributed by atoms with E-state index in [1.807, 2.05) is 0 Å². The normalized spacial score (nSPS) is 23.5. The monoisotopic (exact) mass is 225 g/mol. The number of ketones is 1. The summed E-state index contributed by atoms with van der Waals surface area (Å²) in [6.07, 6.45) is 4.39. The van der Waals surface area contributed by atoms with Crippen LogP contribution >= 0.6 is 0 Å². The van der Waals surface area contributed by atoms with Crippen molar-refractivity contribution in [3.05, 3.63) is 12.3 Å². The Morgan fingerprint density at radius 2 is 2.38 bits per heavy atom. The smallest absolute Gasteiger partial charge is 0.305 e. The fraction of sp³-hybridized carbons (Fsp3) is 0.545. The molecule has 0 spiro atoms. The lowest BCUT2D eigenvalue weighted by atomic mass is 9.80. The average Bonchev–Trinajstić information content (AvgIpc) is 2.29. The molecule has 1 aliphatic rings. The second-order valence-electron chi connectivity index (χ2n) is 3.58. The molecule has 1 atom stereocenters. The van der Waals surface area contributed by atoms with Crippen molar-refractivity contribution in [2.45, 2.75) is 19.8 Å². The van der Waals surface area contributed by atoms with Crippen molar-refractivity contribution in [3.8, 4) is 0 Å². The third kappa shape index (κ3) is 2.76. The Morgan fingerprint density at radius 3 is 2.94 bits per heavy atom. The summed E-state index contributed by atoms with van der Waals surface area (Å²) < 4.78 is 4.76. The van der Waals surface area contributed by atoms with E-state index in [4.69, 9.17) is 4.74 Å². The first-order chi connectivity index (χ1) is 7.64. The molecular formula is C11H15NO4. The highest BCUT2D eigenvalue weighted by molar-refractivity contribution is 6.08. The van der Waals surface area contributed by atoms with Crippen LogP contribution in [0.4, 0.5) is 0 Å². The summed E-state index contributed by atoms with van der Waals surface area (Å²) in [5.41, 5.74) is -1.05. The SMILES string of the molecule is CCOC(=O)CCC1(CO)C=NC=CC1=O. The van der Waals surface area contributed by atoms with Gasteiger partial charge in [0.05, 0.1) is 18.6 Å². The lowest BCUT2D eigenvalue weighted by Gasteiger charge is -2.25. The molecule has 0 radical (unpaired) electrons. The number of aliphatic hydroxyl groups is 1. The zero-order chi connectivity index (χ0) is 12.0. The van der Waals surface area contributed by atoms with Crippen LogP contribution < -0.4 is 0 Å². The van der Waals surface area contributed by atoms with Gasteiger partial charge in [0.1, 0.15) is 0 Å². The van der Waals surface area contributed by atoms with Crippen molar-refractivity contribution >= 4 is 18.0 Å². The van der Waals surface area contributed by atoms with E-state index in [9.17, 15) is 14.7 Å². The molecule has 0 aliphatic carbocycles. The Labute approximate surface area is 93.8 Å². The molecule has 1 heterocycles. The number of allylic oxidation sites excluding steroid dienone is 1. The number of aliphatic imine (C=N–C) groups is 1. The third-order valence-corrected chi connectivity index (χ3v) is 2.49. The number of aliphatic hydroxyl groups excluding tert-OH is 1. The van der Waals surface area contributed by atoms with Crippen molar-refractivity contribution < 1.29 is 19.4 Å². The minimum atomic E-state index is -1.05. The second kappa shape index (κ2) is 5.55. The first-order valence-corrected chi connectivity index (χ1v) is 5.16. The van der Waals surface area contributed by atoms with E-state index < -0.39 is 5.41 Å². The molecular weight excluding hydrogens is 210 g/mol. The van der Waals surface area contributed by atoms with Gasteiger partial charge < -0.3 is 9.84 Å². The number of hydrogen-bond acceptors (Lipinski definition) is 5. The standard InChI is InChI=1S/C11H15NO4/c1-2-16-10(15)3-5-11(8-13)7-12-6-4-9(11)14/h4,6-7,13H,2-3,5,8H2,1H3. The molecule has 88 valence electrons. The van der Waals surface area contributed by atoms with Crippen LogP contribution in [0, 0.1) is 5.41 Å². The Bertz CT molecular complexity index is 335. The van der Waals surface area contributed by atoms with Crippen LogP contribution in [-0.4, -0.2) is 36.3 Å². The van der Waals surface area contributed by atoms with Crippen molar-refractivity contribution in [1.29, 1.82) is 0 Å². The molecule has 0 saturated carbocycles. The van der Waals surface area contributed by atoms with Crippen LogP contribution in [-0.2, 0) is 14.3 Å². The van der Waals surface area contributed by atoms with Gasteiger partial charge in [0.2, 0.25) is 0 Å². The van der Waals surface area contributed by atoms with Crippen molar-refractivity contribution in [3.63, 3.8) is 0 Å². The van der Waals surface area contributed by atoms with Gasteiger partial charge in [-0.15, -0.1) is 0 Å². The van der Waals surface area contributed by atoms with Gasteiger partial charge in [-0.05, 0) is 13.3 Å². The van der Waals surface area contributed by atoms with E-state index in [1.54, 1.807) is 6.92 Å². The summed E-state index contributed by atoms with van der Waals surface area (Å²) in [7, 11) is 0. The molecule has 1 aliphatic heterocycles. The minimum Gasteiger partial charge on any atom is -0.466 e. The molecule has 0 amide bonds. The van der Waals surface area contributed by atoms with Crippen LogP contribution in [0.15, 0.2) is 17.3 Å². The summed E-state index contributed by atoms with van der Waals surface area (Å²) in [4.78, 5) is 26.6. The van der Waals surface area contributed by atoms with Gasteiger partial charge in [0.25, 0.3) is 0 Å². The molecule has 1 rings (SSSR count). The number of rotatable bonds is 5. The number of esters is 1. The lowest BCUT2D eigenvalue weighted by Crippen LogP contribution is -2.37. The van der Waals surface area contributed by atoms with Crippen LogP contribution in [0.1, 0.15) is 19.8 Å². The lowest BCUT2D eigenvalue weighted by molar-refractivity contribution is -0.143. The molecule has 0 fully saturated rings. The van der Waals surface area contributed by atoms with Gasteiger partial charge in [0, 0.05) is 24.9 Å². The van der Waals surface area contributed by atoms with Crippen molar-refractivity contribution in [2.24, 2.45) is 10.4 Å². The summed E-state index contributed by atoms with van der Waals surface area (Å²) in [6.45, 7) is 1.68. The van der Waals surface area contributed by atoms with E-state index in [0.717, 1.165) is 0 Å². The second-order valence-corrected chi connectivity index (χ2v) is 3.58. The Kier molecular flexibility index (Phi) is 4.37. The zero-order valence-electron chi connectivity index (χ0n) is 9.18. The average molecular weight is 225 g/mol. The van der Waals surface area contributed by atoms with E-state index in [-0.39, 0.29) is 31.2 Å². The molecule has 1 unspecified atom stereocenters. The number of carbonyl (C=O) groups excluding carboxylic acids is 2. The van der Waals surface area contributed by atoms with Crippen LogP contribution in [0.3, 0.4) is 0 Å². The summed E-state index contributed by atoms with van der Waals surface area (Å²) >= 11 is 0. The summed E-state index contributed by atoms with van der Waals surface area (Å²) in [5, 5.41) is 9.26. The molecule has 0 aromatic rings. The minimum absolute atomic E-state index is 0.0972. The fourth-order valence-corrected chi connectivity index (χ4v) is 1.47. The topological polar surface area (TPSA) is 76.0 Å².